The van der Waals surface area contributed by atoms with Crippen molar-refractivity contribution in [3.8, 4) is 0 Å². The highest BCUT2D eigenvalue weighted by Gasteiger charge is 2.24. The Labute approximate surface area is 163 Å². The molecule has 150 valence electrons. The molecule has 2 aliphatic rings. The minimum atomic E-state index is -0.420. The molecule has 4 rings (SSSR count). The van der Waals surface area contributed by atoms with E-state index >= 15 is 0 Å². The van der Waals surface area contributed by atoms with Gasteiger partial charge in [-0.1, -0.05) is 18.0 Å². The molecule has 2 aromatic heterocycles. The van der Waals surface area contributed by atoms with Crippen molar-refractivity contribution >= 4 is 5.91 Å². The number of hydrogen-bond donors (Lipinski definition) is 1. The van der Waals surface area contributed by atoms with Crippen molar-refractivity contribution in [1.82, 2.24) is 20.0 Å². The summed E-state index contributed by atoms with van der Waals surface area (Å²) >= 11 is 0. The van der Waals surface area contributed by atoms with Crippen LogP contribution in [0.4, 0.5) is 0 Å². The van der Waals surface area contributed by atoms with Crippen molar-refractivity contribution < 1.29 is 14.1 Å². The first kappa shape index (κ1) is 18.9. The fourth-order valence-electron chi connectivity index (χ4n) is 4.02. The molecular weight excluding hydrogens is 360 g/mol. The summed E-state index contributed by atoms with van der Waals surface area (Å²) in [6, 6.07) is 1.79. The van der Waals surface area contributed by atoms with Gasteiger partial charge in [-0.3, -0.25) is 9.59 Å². The highest BCUT2D eigenvalue weighted by Crippen LogP contribution is 2.32. The summed E-state index contributed by atoms with van der Waals surface area (Å²) in [5, 5.41) is 6.71. The van der Waals surface area contributed by atoms with Gasteiger partial charge in [0, 0.05) is 18.7 Å². The SMILES string of the molecule is Cc1ccn(CC2CCCO2)c(=O)c1C(=O)NCc1noc(C2CCCC2)n1. The summed E-state index contributed by atoms with van der Waals surface area (Å²) in [7, 11) is 0. The maximum Gasteiger partial charge on any atom is 0.263 e. The molecule has 0 aromatic carbocycles. The van der Waals surface area contributed by atoms with E-state index in [1.165, 1.54) is 12.8 Å². The first-order valence-corrected chi connectivity index (χ1v) is 10.0. The van der Waals surface area contributed by atoms with Crippen molar-refractivity contribution in [2.45, 2.75) is 70.6 Å². The summed E-state index contributed by atoms with van der Waals surface area (Å²) in [4.78, 5) is 29.9. The predicted molar refractivity (Wildman–Crippen MR) is 101 cm³/mol. The summed E-state index contributed by atoms with van der Waals surface area (Å²) < 4.78 is 12.5. The molecular formula is C20H26N4O4. The zero-order chi connectivity index (χ0) is 19.5. The van der Waals surface area contributed by atoms with Crippen molar-refractivity contribution in [1.29, 1.82) is 0 Å². The number of ether oxygens (including phenoxy) is 1. The smallest absolute Gasteiger partial charge is 0.263 e. The van der Waals surface area contributed by atoms with Crippen LogP contribution in [0.3, 0.4) is 0 Å². The number of aryl methyl sites for hydroxylation is 1. The van der Waals surface area contributed by atoms with Crippen molar-refractivity contribution in [2.75, 3.05) is 6.61 Å². The molecule has 2 aromatic rings. The molecule has 28 heavy (non-hydrogen) atoms. The van der Waals surface area contributed by atoms with Gasteiger partial charge in [0.15, 0.2) is 5.82 Å². The number of pyridine rings is 1. The molecule has 1 unspecified atom stereocenters. The topological polar surface area (TPSA) is 99.2 Å². The highest BCUT2D eigenvalue weighted by atomic mass is 16.5. The second kappa shape index (κ2) is 8.26. The van der Waals surface area contributed by atoms with Gasteiger partial charge in [-0.05, 0) is 44.2 Å². The molecule has 1 saturated carbocycles. The number of carbonyl (C=O) groups excluding carboxylic acids is 1. The van der Waals surface area contributed by atoms with Gasteiger partial charge < -0.3 is 19.1 Å². The van der Waals surface area contributed by atoms with E-state index in [1.807, 2.05) is 0 Å². The molecule has 1 atom stereocenters. The van der Waals surface area contributed by atoms with E-state index in [9.17, 15) is 9.59 Å². The van der Waals surface area contributed by atoms with Crippen LogP contribution < -0.4 is 10.9 Å². The van der Waals surface area contributed by atoms with E-state index in [1.54, 1.807) is 23.8 Å². The average Bonchev–Trinajstić information content (AvgIpc) is 3.45. The summed E-state index contributed by atoms with van der Waals surface area (Å²) in [5.74, 6) is 0.995. The number of aromatic nitrogens is 3. The van der Waals surface area contributed by atoms with Crippen LogP contribution in [0.25, 0.3) is 0 Å². The molecule has 1 N–H and O–H groups in total. The number of rotatable bonds is 6. The lowest BCUT2D eigenvalue weighted by atomic mass is 10.1. The Balaban J connectivity index is 1.43. The quantitative estimate of drug-likeness (QED) is 0.818. The van der Waals surface area contributed by atoms with Crippen molar-refractivity contribution in [2.24, 2.45) is 0 Å². The number of amides is 1. The molecule has 1 aliphatic heterocycles. The van der Waals surface area contributed by atoms with Crippen LogP contribution in [-0.4, -0.2) is 33.3 Å². The van der Waals surface area contributed by atoms with Crippen LogP contribution >= 0.6 is 0 Å². The zero-order valence-corrected chi connectivity index (χ0v) is 16.1. The van der Waals surface area contributed by atoms with Crippen LogP contribution in [-0.2, 0) is 17.8 Å². The lowest BCUT2D eigenvalue weighted by Crippen LogP contribution is -2.35. The normalized spacial score (nSPS) is 20.0. The summed E-state index contributed by atoms with van der Waals surface area (Å²) in [5.41, 5.74) is 0.499. The number of hydrogen-bond acceptors (Lipinski definition) is 6. The third kappa shape index (κ3) is 4.01. The monoisotopic (exact) mass is 386 g/mol. The first-order valence-electron chi connectivity index (χ1n) is 10.0. The zero-order valence-electron chi connectivity index (χ0n) is 16.1. The van der Waals surface area contributed by atoms with E-state index in [0.717, 1.165) is 32.3 Å². The van der Waals surface area contributed by atoms with E-state index in [0.29, 0.717) is 29.7 Å². The lowest BCUT2D eigenvalue weighted by molar-refractivity contribution is 0.0927. The second-order valence-electron chi connectivity index (χ2n) is 7.68. The van der Waals surface area contributed by atoms with Gasteiger partial charge in [0.1, 0.15) is 5.56 Å². The molecule has 0 radical (unpaired) electrons. The molecule has 1 amide bonds. The molecule has 8 heteroatoms. The number of nitrogens with zero attached hydrogens (tertiary/aromatic N) is 3. The van der Waals surface area contributed by atoms with E-state index < -0.39 is 5.91 Å². The Bertz CT molecular complexity index is 892. The van der Waals surface area contributed by atoms with Crippen molar-refractivity contribution in [3.63, 3.8) is 0 Å². The van der Waals surface area contributed by atoms with Gasteiger partial charge in [0.2, 0.25) is 5.89 Å². The Morgan fingerprint density at radius 3 is 2.86 bits per heavy atom. The molecule has 1 aliphatic carbocycles. The Morgan fingerprint density at radius 2 is 2.11 bits per heavy atom. The summed E-state index contributed by atoms with van der Waals surface area (Å²) in [6.07, 6.45) is 8.21. The minimum absolute atomic E-state index is 0.0321. The fraction of sp³-hybridized carbons (Fsp3) is 0.600. The van der Waals surface area contributed by atoms with Gasteiger partial charge in [0.25, 0.3) is 11.5 Å². The van der Waals surface area contributed by atoms with E-state index in [4.69, 9.17) is 9.26 Å². The highest BCUT2D eigenvalue weighted by molar-refractivity contribution is 5.95. The van der Waals surface area contributed by atoms with E-state index in [2.05, 4.69) is 15.5 Å². The standard InChI is InChI=1S/C20H26N4O4/c1-13-8-9-24(12-15-7-4-10-27-15)20(26)17(13)18(25)21-11-16-22-19(28-23-16)14-5-2-3-6-14/h8-9,14-15H,2-7,10-12H2,1H3,(H,21,25). The largest absolute Gasteiger partial charge is 0.376 e. The Kier molecular flexibility index (Phi) is 5.57. The molecule has 0 spiro atoms. The average molecular weight is 386 g/mol. The minimum Gasteiger partial charge on any atom is -0.376 e. The second-order valence-corrected chi connectivity index (χ2v) is 7.68. The fourth-order valence-corrected chi connectivity index (χ4v) is 4.02. The molecule has 1 saturated heterocycles. The third-order valence-electron chi connectivity index (χ3n) is 5.62. The molecule has 0 bridgehead atoms. The number of nitrogens with one attached hydrogen (secondary N) is 1. The maximum absolute atomic E-state index is 12.8. The predicted octanol–water partition coefficient (Wildman–Crippen LogP) is 2.31. The van der Waals surface area contributed by atoms with E-state index in [-0.39, 0.29) is 23.8 Å². The van der Waals surface area contributed by atoms with Crippen LogP contribution in [0.5, 0.6) is 0 Å². The van der Waals surface area contributed by atoms with Crippen LogP contribution in [0.15, 0.2) is 21.6 Å². The van der Waals surface area contributed by atoms with Crippen molar-refractivity contribution in [3.05, 3.63) is 45.5 Å². The van der Waals surface area contributed by atoms with Gasteiger partial charge >= 0.3 is 0 Å². The van der Waals surface area contributed by atoms with Gasteiger partial charge in [-0.2, -0.15) is 4.98 Å². The maximum atomic E-state index is 12.8. The lowest BCUT2D eigenvalue weighted by Gasteiger charge is -2.14. The molecule has 2 fully saturated rings. The van der Waals surface area contributed by atoms with Gasteiger partial charge in [-0.25, -0.2) is 0 Å². The summed E-state index contributed by atoms with van der Waals surface area (Å²) in [6.45, 7) is 3.09. The van der Waals surface area contributed by atoms with Gasteiger partial charge in [-0.15, -0.1) is 0 Å². The van der Waals surface area contributed by atoms with Crippen LogP contribution in [0, 0.1) is 6.92 Å². The third-order valence-corrected chi connectivity index (χ3v) is 5.62. The Morgan fingerprint density at radius 1 is 1.29 bits per heavy atom. The van der Waals surface area contributed by atoms with Gasteiger partial charge in [0.05, 0.1) is 19.2 Å². The number of carbonyl (C=O) groups is 1. The Hall–Kier alpha value is -2.48. The van der Waals surface area contributed by atoms with Crippen LogP contribution in [0.2, 0.25) is 0 Å². The van der Waals surface area contributed by atoms with Crippen LogP contribution in [0.1, 0.15) is 72.1 Å². The molecule has 8 nitrogen and oxygen atoms in total. The first-order chi connectivity index (χ1) is 13.6. The molecule has 3 heterocycles.